The molecular formula is C18H16FN3O. The van der Waals surface area contributed by atoms with Gasteiger partial charge in [-0.15, -0.1) is 0 Å². The SMILES string of the molecule is Nc1ccc(OCc2ccccc2)nc1Nc1ccccc1F. The first-order chi connectivity index (χ1) is 11.2. The lowest BCUT2D eigenvalue weighted by Crippen LogP contribution is -2.03. The first-order valence-corrected chi connectivity index (χ1v) is 7.17. The maximum atomic E-state index is 13.7. The Morgan fingerprint density at radius 1 is 0.957 bits per heavy atom. The maximum Gasteiger partial charge on any atom is 0.215 e. The highest BCUT2D eigenvalue weighted by atomic mass is 19.1. The minimum Gasteiger partial charge on any atom is -0.473 e. The molecule has 3 aromatic rings. The number of nitrogens with two attached hydrogens (primary N) is 1. The molecule has 3 rings (SSSR count). The van der Waals surface area contributed by atoms with Crippen LogP contribution in [0.1, 0.15) is 5.56 Å². The number of rotatable bonds is 5. The van der Waals surface area contributed by atoms with Crippen LogP contribution in [0.5, 0.6) is 5.88 Å². The van der Waals surface area contributed by atoms with Crippen molar-refractivity contribution >= 4 is 17.2 Å². The van der Waals surface area contributed by atoms with Crippen LogP contribution in [0.2, 0.25) is 0 Å². The maximum absolute atomic E-state index is 13.7. The van der Waals surface area contributed by atoms with Crippen molar-refractivity contribution in [2.24, 2.45) is 0 Å². The van der Waals surface area contributed by atoms with E-state index in [4.69, 9.17) is 10.5 Å². The lowest BCUT2D eigenvalue weighted by atomic mass is 10.2. The molecule has 1 aromatic heterocycles. The smallest absolute Gasteiger partial charge is 0.215 e. The quantitative estimate of drug-likeness (QED) is 0.744. The number of halogens is 1. The van der Waals surface area contributed by atoms with Gasteiger partial charge in [0.25, 0.3) is 0 Å². The zero-order chi connectivity index (χ0) is 16.1. The van der Waals surface area contributed by atoms with Gasteiger partial charge >= 0.3 is 0 Å². The molecule has 0 aliphatic carbocycles. The van der Waals surface area contributed by atoms with Crippen molar-refractivity contribution in [3.05, 3.63) is 78.1 Å². The summed E-state index contributed by atoms with van der Waals surface area (Å²) in [6.45, 7) is 0.400. The fourth-order valence-corrected chi connectivity index (χ4v) is 2.05. The normalized spacial score (nSPS) is 10.3. The van der Waals surface area contributed by atoms with Gasteiger partial charge in [0.15, 0.2) is 5.82 Å². The van der Waals surface area contributed by atoms with E-state index >= 15 is 0 Å². The molecule has 0 fully saturated rings. The summed E-state index contributed by atoms with van der Waals surface area (Å²) in [5.74, 6) is 0.409. The van der Waals surface area contributed by atoms with Crippen LogP contribution in [0, 0.1) is 5.82 Å². The van der Waals surface area contributed by atoms with Gasteiger partial charge in [-0.2, -0.15) is 4.98 Å². The number of hydrogen-bond donors (Lipinski definition) is 2. The fraction of sp³-hybridized carbons (Fsp3) is 0.0556. The Hall–Kier alpha value is -3.08. The minimum atomic E-state index is -0.371. The van der Waals surface area contributed by atoms with Gasteiger partial charge in [0, 0.05) is 6.07 Å². The molecule has 0 amide bonds. The van der Waals surface area contributed by atoms with Crippen LogP contribution in [0.25, 0.3) is 0 Å². The summed E-state index contributed by atoms with van der Waals surface area (Å²) in [5.41, 5.74) is 7.66. The molecular weight excluding hydrogens is 293 g/mol. The van der Waals surface area contributed by atoms with Crippen molar-refractivity contribution in [2.45, 2.75) is 6.61 Å². The van der Waals surface area contributed by atoms with Crippen molar-refractivity contribution in [1.82, 2.24) is 4.98 Å². The van der Waals surface area contributed by atoms with E-state index in [0.29, 0.717) is 29.7 Å². The number of ether oxygens (including phenoxy) is 1. The largest absolute Gasteiger partial charge is 0.473 e. The predicted molar refractivity (Wildman–Crippen MR) is 89.1 cm³/mol. The molecule has 0 saturated carbocycles. The second-order valence-corrected chi connectivity index (χ2v) is 4.97. The van der Waals surface area contributed by atoms with E-state index in [-0.39, 0.29) is 5.82 Å². The molecule has 0 bridgehead atoms. The molecule has 0 unspecified atom stereocenters. The molecule has 2 aromatic carbocycles. The number of pyridine rings is 1. The molecule has 0 radical (unpaired) electrons. The summed E-state index contributed by atoms with van der Waals surface area (Å²) in [6, 6.07) is 19.5. The third-order valence-electron chi connectivity index (χ3n) is 3.26. The lowest BCUT2D eigenvalue weighted by Gasteiger charge is -2.11. The summed E-state index contributed by atoms with van der Waals surface area (Å²) in [7, 11) is 0. The van der Waals surface area contributed by atoms with Crippen molar-refractivity contribution < 1.29 is 9.13 Å². The fourth-order valence-electron chi connectivity index (χ4n) is 2.05. The van der Waals surface area contributed by atoms with E-state index in [1.807, 2.05) is 30.3 Å². The van der Waals surface area contributed by atoms with E-state index < -0.39 is 0 Å². The van der Waals surface area contributed by atoms with Gasteiger partial charge < -0.3 is 15.8 Å². The Labute approximate surface area is 133 Å². The molecule has 1 heterocycles. The summed E-state index contributed by atoms with van der Waals surface area (Å²) in [6.07, 6.45) is 0. The number of aromatic nitrogens is 1. The van der Waals surface area contributed by atoms with E-state index in [9.17, 15) is 4.39 Å². The summed E-state index contributed by atoms with van der Waals surface area (Å²) in [5, 5.41) is 2.89. The molecule has 4 nitrogen and oxygen atoms in total. The highest BCUT2D eigenvalue weighted by Gasteiger charge is 2.07. The number of nitrogens with one attached hydrogen (secondary N) is 1. The molecule has 23 heavy (non-hydrogen) atoms. The number of para-hydroxylation sites is 1. The molecule has 0 aliphatic heterocycles. The van der Waals surface area contributed by atoms with E-state index in [2.05, 4.69) is 10.3 Å². The average molecular weight is 309 g/mol. The van der Waals surface area contributed by atoms with Crippen molar-refractivity contribution in [2.75, 3.05) is 11.1 Å². The Kier molecular flexibility index (Phi) is 4.38. The van der Waals surface area contributed by atoms with Crippen LogP contribution in [0.15, 0.2) is 66.7 Å². The number of nitrogen functional groups attached to an aromatic ring is 1. The van der Waals surface area contributed by atoms with Crippen LogP contribution in [-0.4, -0.2) is 4.98 Å². The molecule has 0 atom stereocenters. The zero-order valence-electron chi connectivity index (χ0n) is 12.4. The van der Waals surface area contributed by atoms with Gasteiger partial charge in [-0.05, 0) is 23.8 Å². The van der Waals surface area contributed by atoms with Gasteiger partial charge in [0.05, 0.1) is 11.4 Å². The zero-order valence-corrected chi connectivity index (χ0v) is 12.4. The number of benzene rings is 2. The Balaban J connectivity index is 1.75. The van der Waals surface area contributed by atoms with Gasteiger partial charge in [0.2, 0.25) is 5.88 Å². The Morgan fingerprint density at radius 3 is 2.48 bits per heavy atom. The second-order valence-electron chi connectivity index (χ2n) is 4.97. The Morgan fingerprint density at radius 2 is 1.70 bits per heavy atom. The van der Waals surface area contributed by atoms with Gasteiger partial charge in [-0.1, -0.05) is 42.5 Å². The minimum absolute atomic E-state index is 0.312. The first kappa shape index (κ1) is 14.8. The summed E-state index contributed by atoms with van der Waals surface area (Å²) >= 11 is 0. The van der Waals surface area contributed by atoms with Crippen LogP contribution in [0.3, 0.4) is 0 Å². The Bertz CT molecular complexity index is 793. The van der Waals surface area contributed by atoms with Crippen molar-refractivity contribution in [3.63, 3.8) is 0 Å². The van der Waals surface area contributed by atoms with Crippen molar-refractivity contribution in [3.8, 4) is 5.88 Å². The molecule has 0 saturated heterocycles. The average Bonchev–Trinajstić information content (AvgIpc) is 2.58. The molecule has 3 N–H and O–H groups in total. The topological polar surface area (TPSA) is 60.2 Å². The molecule has 5 heteroatoms. The van der Waals surface area contributed by atoms with Crippen LogP contribution >= 0.6 is 0 Å². The highest BCUT2D eigenvalue weighted by molar-refractivity contribution is 5.69. The first-order valence-electron chi connectivity index (χ1n) is 7.17. The number of hydrogen-bond acceptors (Lipinski definition) is 4. The molecule has 0 aliphatic rings. The standard InChI is InChI=1S/C18H16FN3O/c19-14-8-4-5-9-16(14)21-18-15(20)10-11-17(22-18)23-12-13-6-2-1-3-7-13/h1-11H,12,20H2,(H,21,22). The lowest BCUT2D eigenvalue weighted by molar-refractivity contribution is 0.294. The summed E-state index contributed by atoms with van der Waals surface area (Å²) in [4.78, 5) is 4.30. The summed E-state index contributed by atoms with van der Waals surface area (Å²) < 4.78 is 19.4. The number of nitrogens with zero attached hydrogens (tertiary/aromatic N) is 1. The third kappa shape index (κ3) is 3.77. The second kappa shape index (κ2) is 6.79. The van der Waals surface area contributed by atoms with Crippen LogP contribution < -0.4 is 15.8 Å². The van der Waals surface area contributed by atoms with E-state index in [1.165, 1.54) is 6.07 Å². The third-order valence-corrected chi connectivity index (χ3v) is 3.26. The number of anilines is 3. The van der Waals surface area contributed by atoms with E-state index in [0.717, 1.165) is 5.56 Å². The molecule has 0 spiro atoms. The van der Waals surface area contributed by atoms with Crippen molar-refractivity contribution in [1.29, 1.82) is 0 Å². The molecule has 116 valence electrons. The van der Waals surface area contributed by atoms with E-state index in [1.54, 1.807) is 30.3 Å². The predicted octanol–water partition coefficient (Wildman–Crippen LogP) is 4.13. The highest BCUT2D eigenvalue weighted by Crippen LogP contribution is 2.25. The van der Waals surface area contributed by atoms with Gasteiger partial charge in [-0.3, -0.25) is 0 Å². The monoisotopic (exact) mass is 309 g/mol. The van der Waals surface area contributed by atoms with Crippen LogP contribution in [-0.2, 0) is 6.61 Å². The van der Waals surface area contributed by atoms with Gasteiger partial charge in [0.1, 0.15) is 12.4 Å². The van der Waals surface area contributed by atoms with Gasteiger partial charge in [-0.25, -0.2) is 4.39 Å². The van der Waals surface area contributed by atoms with Crippen LogP contribution in [0.4, 0.5) is 21.6 Å².